The van der Waals surface area contributed by atoms with Crippen LogP contribution in [0.25, 0.3) is 0 Å². The van der Waals surface area contributed by atoms with Crippen LogP contribution in [0.3, 0.4) is 0 Å². The molecule has 0 aliphatic carbocycles. The molecule has 1 aromatic rings. The van der Waals surface area contributed by atoms with Crippen molar-refractivity contribution < 1.29 is 13.9 Å². The first-order valence-corrected chi connectivity index (χ1v) is 6.98. The Bertz CT molecular complexity index is 464. The number of hydrogen-bond donors (Lipinski definition) is 2. The summed E-state index contributed by atoms with van der Waals surface area (Å²) < 4.78 is 11.1. The molecule has 0 unspecified atom stereocenters. The molecule has 2 rings (SSSR count). The number of ether oxygens (including phenoxy) is 1. The number of nitrogens with one attached hydrogen (secondary N) is 1. The molecule has 1 aromatic heterocycles. The van der Waals surface area contributed by atoms with Crippen molar-refractivity contribution in [1.82, 2.24) is 10.3 Å². The molecule has 1 fully saturated rings. The van der Waals surface area contributed by atoms with Gasteiger partial charge in [-0.25, -0.2) is 4.98 Å². The molecule has 6 nitrogen and oxygen atoms in total. The average Bonchev–Trinajstić information content (AvgIpc) is 3.04. The molecule has 1 aliphatic heterocycles. The lowest BCUT2D eigenvalue weighted by atomic mass is 9.94. The monoisotopic (exact) mass is 281 g/mol. The summed E-state index contributed by atoms with van der Waals surface area (Å²) in [4.78, 5) is 16.1. The summed E-state index contributed by atoms with van der Waals surface area (Å²) in [5, 5.41) is 2.79. The molecule has 2 atom stereocenters. The second-order valence-corrected chi connectivity index (χ2v) is 6.15. The SMILES string of the molecule is CC(C)(C)c1cnc(CNC(=O)[C@@H]2CC[C@H](CN)O2)o1. The van der Waals surface area contributed by atoms with Gasteiger partial charge in [0, 0.05) is 12.0 Å². The molecule has 20 heavy (non-hydrogen) atoms. The van der Waals surface area contributed by atoms with Gasteiger partial charge in [0.15, 0.2) is 0 Å². The molecule has 1 aliphatic rings. The van der Waals surface area contributed by atoms with Gasteiger partial charge in [0.05, 0.1) is 18.8 Å². The second kappa shape index (κ2) is 5.93. The summed E-state index contributed by atoms with van der Waals surface area (Å²) in [6.07, 6.45) is 2.85. The van der Waals surface area contributed by atoms with Crippen LogP contribution in [-0.4, -0.2) is 29.6 Å². The van der Waals surface area contributed by atoms with Crippen LogP contribution in [0.4, 0.5) is 0 Å². The van der Waals surface area contributed by atoms with E-state index in [2.05, 4.69) is 31.1 Å². The Morgan fingerprint density at radius 1 is 1.50 bits per heavy atom. The van der Waals surface area contributed by atoms with Gasteiger partial charge in [0.2, 0.25) is 11.8 Å². The minimum Gasteiger partial charge on any atom is -0.443 e. The maximum absolute atomic E-state index is 11.9. The number of carbonyl (C=O) groups is 1. The van der Waals surface area contributed by atoms with Crippen molar-refractivity contribution in [3.8, 4) is 0 Å². The van der Waals surface area contributed by atoms with Crippen LogP contribution in [0, 0.1) is 0 Å². The third-order valence-electron chi connectivity index (χ3n) is 3.37. The summed E-state index contributed by atoms with van der Waals surface area (Å²) in [5.74, 6) is 1.19. The Morgan fingerprint density at radius 3 is 2.80 bits per heavy atom. The Morgan fingerprint density at radius 2 is 2.25 bits per heavy atom. The molecule has 2 heterocycles. The Labute approximate surface area is 119 Å². The summed E-state index contributed by atoms with van der Waals surface area (Å²) in [6.45, 7) is 6.89. The van der Waals surface area contributed by atoms with E-state index in [0.29, 0.717) is 18.9 Å². The van der Waals surface area contributed by atoms with Crippen molar-refractivity contribution in [3.63, 3.8) is 0 Å². The highest BCUT2D eigenvalue weighted by Crippen LogP contribution is 2.23. The number of aromatic nitrogens is 1. The van der Waals surface area contributed by atoms with Gasteiger partial charge in [-0.2, -0.15) is 0 Å². The number of oxazole rings is 1. The van der Waals surface area contributed by atoms with E-state index in [4.69, 9.17) is 14.9 Å². The lowest BCUT2D eigenvalue weighted by Gasteiger charge is -2.13. The van der Waals surface area contributed by atoms with Gasteiger partial charge in [-0.15, -0.1) is 0 Å². The highest BCUT2D eigenvalue weighted by Gasteiger charge is 2.29. The van der Waals surface area contributed by atoms with Crippen LogP contribution in [0.15, 0.2) is 10.6 Å². The number of amides is 1. The van der Waals surface area contributed by atoms with E-state index >= 15 is 0 Å². The van der Waals surface area contributed by atoms with Crippen molar-refractivity contribution in [1.29, 1.82) is 0 Å². The van der Waals surface area contributed by atoms with Crippen molar-refractivity contribution in [2.24, 2.45) is 5.73 Å². The van der Waals surface area contributed by atoms with E-state index in [1.165, 1.54) is 0 Å². The molecule has 0 radical (unpaired) electrons. The molecule has 0 saturated carbocycles. The second-order valence-electron chi connectivity index (χ2n) is 6.15. The molecule has 0 aromatic carbocycles. The predicted molar refractivity (Wildman–Crippen MR) is 74.0 cm³/mol. The first-order chi connectivity index (χ1) is 9.40. The minimum absolute atomic E-state index is 0.0000176. The van der Waals surface area contributed by atoms with Gasteiger partial charge in [-0.05, 0) is 12.8 Å². The van der Waals surface area contributed by atoms with Crippen molar-refractivity contribution in [2.45, 2.75) is 57.8 Å². The highest BCUT2D eigenvalue weighted by molar-refractivity contribution is 5.80. The Hall–Kier alpha value is -1.40. The summed E-state index contributed by atoms with van der Waals surface area (Å²) >= 11 is 0. The first-order valence-electron chi connectivity index (χ1n) is 6.98. The number of rotatable bonds is 4. The first kappa shape index (κ1) is 15.0. The van der Waals surface area contributed by atoms with Crippen molar-refractivity contribution in [2.75, 3.05) is 6.54 Å². The number of nitrogens with zero attached hydrogens (tertiary/aromatic N) is 1. The zero-order valence-corrected chi connectivity index (χ0v) is 12.3. The van der Waals surface area contributed by atoms with Crippen LogP contribution in [0.2, 0.25) is 0 Å². The molecule has 1 saturated heterocycles. The Balaban J connectivity index is 1.83. The van der Waals surface area contributed by atoms with Crippen LogP contribution in [-0.2, 0) is 21.5 Å². The fourth-order valence-electron chi connectivity index (χ4n) is 2.09. The third kappa shape index (κ3) is 3.58. The maximum Gasteiger partial charge on any atom is 0.249 e. The van der Waals surface area contributed by atoms with Gasteiger partial charge < -0.3 is 20.2 Å². The molecule has 1 amide bonds. The van der Waals surface area contributed by atoms with Crippen LogP contribution in [0.1, 0.15) is 45.3 Å². The summed E-state index contributed by atoms with van der Waals surface area (Å²) in [7, 11) is 0. The quantitative estimate of drug-likeness (QED) is 0.862. The smallest absolute Gasteiger partial charge is 0.249 e. The molecular formula is C14H23N3O3. The maximum atomic E-state index is 11.9. The van der Waals surface area contributed by atoms with Gasteiger partial charge in [-0.1, -0.05) is 20.8 Å². The highest BCUT2D eigenvalue weighted by atomic mass is 16.5. The summed E-state index contributed by atoms with van der Waals surface area (Å²) in [6, 6.07) is 0. The average molecular weight is 281 g/mol. The molecule has 0 bridgehead atoms. The standard InChI is InChI=1S/C14H23N3O3/c1-14(2,3)11-7-16-12(20-11)8-17-13(18)10-5-4-9(6-15)19-10/h7,9-10H,4-6,8,15H2,1-3H3,(H,17,18)/t9-,10+/m1/s1. The zero-order valence-electron chi connectivity index (χ0n) is 12.3. The van der Waals surface area contributed by atoms with E-state index in [1.807, 2.05) is 0 Å². The van der Waals surface area contributed by atoms with Crippen molar-refractivity contribution in [3.05, 3.63) is 17.8 Å². The van der Waals surface area contributed by atoms with Crippen LogP contribution >= 0.6 is 0 Å². The fourth-order valence-corrected chi connectivity index (χ4v) is 2.09. The Kier molecular flexibility index (Phi) is 4.45. The van der Waals surface area contributed by atoms with Crippen LogP contribution < -0.4 is 11.1 Å². The van der Waals surface area contributed by atoms with Gasteiger partial charge >= 0.3 is 0 Å². The zero-order chi connectivity index (χ0) is 14.8. The lowest BCUT2D eigenvalue weighted by molar-refractivity contribution is -0.132. The summed E-state index contributed by atoms with van der Waals surface area (Å²) in [5.41, 5.74) is 5.44. The minimum atomic E-state index is -0.402. The largest absolute Gasteiger partial charge is 0.443 e. The van der Waals surface area contributed by atoms with E-state index in [9.17, 15) is 4.79 Å². The normalized spacial score (nSPS) is 23.0. The fraction of sp³-hybridized carbons (Fsp3) is 0.714. The van der Waals surface area contributed by atoms with Crippen molar-refractivity contribution >= 4 is 5.91 Å². The molecule has 112 valence electrons. The van der Waals surface area contributed by atoms with E-state index < -0.39 is 6.10 Å². The predicted octanol–water partition coefficient (Wildman–Crippen LogP) is 1.09. The van der Waals surface area contributed by atoms with Gasteiger partial charge in [-0.3, -0.25) is 4.79 Å². The lowest BCUT2D eigenvalue weighted by Crippen LogP contribution is -2.35. The van der Waals surface area contributed by atoms with Gasteiger partial charge in [0.1, 0.15) is 11.9 Å². The molecule has 3 N–H and O–H groups in total. The molecule has 0 spiro atoms. The number of carbonyl (C=O) groups excluding carboxylic acids is 1. The van der Waals surface area contributed by atoms with E-state index in [0.717, 1.165) is 12.2 Å². The molecule has 6 heteroatoms. The van der Waals surface area contributed by atoms with E-state index in [-0.39, 0.29) is 24.0 Å². The number of hydrogen-bond acceptors (Lipinski definition) is 5. The molecular weight excluding hydrogens is 258 g/mol. The van der Waals surface area contributed by atoms with Gasteiger partial charge in [0.25, 0.3) is 0 Å². The van der Waals surface area contributed by atoms with E-state index in [1.54, 1.807) is 6.20 Å². The van der Waals surface area contributed by atoms with Crippen LogP contribution in [0.5, 0.6) is 0 Å². The third-order valence-corrected chi connectivity index (χ3v) is 3.37. The number of nitrogens with two attached hydrogens (primary N) is 1. The topological polar surface area (TPSA) is 90.4 Å².